The van der Waals surface area contributed by atoms with Crippen LogP contribution in [-0.4, -0.2) is 23.6 Å². The van der Waals surface area contributed by atoms with E-state index in [4.69, 9.17) is 11.6 Å². The fraction of sp³-hybridized carbons (Fsp3) is 0.455. The van der Waals surface area contributed by atoms with Gasteiger partial charge < -0.3 is 10.4 Å². The van der Waals surface area contributed by atoms with Gasteiger partial charge in [-0.1, -0.05) is 15.9 Å². The Bertz CT molecular complexity index is 320. The first-order chi connectivity index (χ1) is 7.04. The molecule has 0 saturated heterocycles. The van der Waals surface area contributed by atoms with Gasteiger partial charge in [-0.05, 0) is 37.1 Å². The van der Waals surface area contributed by atoms with Crippen LogP contribution in [0.2, 0.25) is 0 Å². The molecule has 2 N–H and O–H groups in total. The van der Waals surface area contributed by atoms with E-state index in [9.17, 15) is 5.11 Å². The van der Waals surface area contributed by atoms with E-state index in [1.165, 1.54) is 0 Å². The Hall–Kier alpha value is -0.250. The Balaban J connectivity index is 2.77. The number of alkyl halides is 1. The number of aliphatic hydroxyl groups excluding tert-OH is 1. The second kappa shape index (κ2) is 5.73. The maximum absolute atomic E-state index is 9.35. The van der Waals surface area contributed by atoms with Crippen LogP contribution in [0.15, 0.2) is 16.6 Å². The van der Waals surface area contributed by atoms with E-state index in [0.29, 0.717) is 6.54 Å². The van der Waals surface area contributed by atoms with Gasteiger partial charge in [0.2, 0.25) is 0 Å². The molecular weight excluding hydrogens is 277 g/mol. The van der Waals surface area contributed by atoms with E-state index >= 15 is 0 Å². The molecule has 0 amide bonds. The average Bonchev–Trinajstić information content (AvgIpc) is 2.15. The van der Waals surface area contributed by atoms with Crippen molar-refractivity contribution in [2.24, 2.45) is 0 Å². The van der Waals surface area contributed by atoms with Gasteiger partial charge >= 0.3 is 0 Å². The molecule has 0 spiro atoms. The summed E-state index contributed by atoms with van der Waals surface area (Å²) in [4.78, 5) is 0. The molecule has 84 valence electrons. The predicted octanol–water partition coefficient (Wildman–Crippen LogP) is 3.08. The third-order valence-electron chi connectivity index (χ3n) is 2.19. The molecule has 1 aromatic rings. The molecule has 0 fully saturated rings. The molecule has 1 aromatic carbocycles. The minimum absolute atomic E-state index is 0.252. The van der Waals surface area contributed by atoms with Gasteiger partial charge in [-0.15, -0.1) is 11.6 Å². The minimum Gasteiger partial charge on any atom is -0.390 e. The lowest BCUT2D eigenvalue weighted by molar-refractivity contribution is 0.211. The summed E-state index contributed by atoms with van der Waals surface area (Å²) < 4.78 is 1.07. The van der Waals surface area contributed by atoms with Crippen molar-refractivity contribution in [3.63, 3.8) is 0 Å². The molecule has 0 aliphatic carbocycles. The maximum Gasteiger partial charge on any atom is 0.0847 e. The van der Waals surface area contributed by atoms with Crippen molar-refractivity contribution in [1.82, 2.24) is 0 Å². The molecule has 4 heteroatoms. The molecular formula is C11H15BrClNO. The summed E-state index contributed by atoms with van der Waals surface area (Å²) in [6, 6.07) is 4.09. The van der Waals surface area contributed by atoms with Crippen molar-refractivity contribution in [1.29, 1.82) is 0 Å². The first-order valence-electron chi connectivity index (χ1n) is 4.79. The van der Waals surface area contributed by atoms with Crippen molar-refractivity contribution in [3.05, 3.63) is 27.7 Å². The Morgan fingerprint density at radius 1 is 1.40 bits per heavy atom. The Kier molecular flexibility index (Phi) is 4.90. The number of rotatable bonds is 4. The highest BCUT2D eigenvalue weighted by molar-refractivity contribution is 9.10. The number of hydrogen-bond acceptors (Lipinski definition) is 2. The Morgan fingerprint density at radius 3 is 2.40 bits per heavy atom. The highest BCUT2D eigenvalue weighted by Crippen LogP contribution is 2.24. The van der Waals surface area contributed by atoms with Gasteiger partial charge in [-0.3, -0.25) is 0 Å². The second-order valence-corrected chi connectivity index (χ2v) is 4.83. The third kappa shape index (κ3) is 3.67. The highest BCUT2D eigenvalue weighted by atomic mass is 79.9. The summed E-state index contributed by atoms with van der Waals surface area (Å²) in [6.07, 6.45) is -0.505. The maximum atomic E-state index is 9.35. The molecule has 0 radical (unpaired) electrons. The quantitative estimate of drug-likeness (QED) is 0.836. The lowest BCUT2D eigenvalue weighted by Gasteiger charge is -2.15. The molecule has 1 rings (SSSR count). The number of aliphatic hydroxyl groups is 1. The molecule has 15 heavy (non-hydrogen) atoms. The lowest BCUT2D eigenvalue weighted by atomic mass is 10.1. The van der Waals surface area contributed by atoms with Crippen molar-refractivity contribution < 1.29 is 5.11 Å². The molecule has 0 aliphatic rings. The second-order valence-electron chi connectivity index (χ2n) is 3.60. The first-order valence-corrected chi connectivity index (χ1v) is 6.12. The Labute approximate surface area is 104 Å². The van der Waals surface area contributed by atoms with Crippen molar-refractivity contribution >= 4 is 33.2 Å². The number of halogens is 2. The van der Waals surface area contributed by atoms with E-state index in [0.717, 1.165) is 21.3 Å². The number of anilines is 1. The van der Waals surface area contributed by atoms with Crippen LogP contribution in [0.3, 0.4) is 0 Å². The van der Waals surface area contributed by atoms with Gasteiger partial charge in [0.05, 0.1) is 12.0 Å². The number of aryl methyl sites for hydroxylation is 2. The standard InChI is InChI=1S/C11H15BrClNO/c1-7-3-9(12)4-8(2)11(7)14-6-10(15)5-13/h3-4,10,14-15H,5-6H2,1-2H3. The number of hydrogen-bond donors (Lipinski definition) is 2. The summed E-state index contributed by atoms with van der Waals surface area (Å²) in [5, 5.41) is 12.6. The summed E-state index contributed by atoms with van der Waals surface area (Å²) in [7, 11) is 0. The van der Waals surface area contributed by atoms with Crippen LogP contribution in [-0.2, 0) is 0 Å². The van der Waals surface area contributed by atoms with Gasteiger partial charge in [0.1, 0.15) is 0 Å². The third-order valence-corrected chi connectivity index (χ3v) is 3.00. The Morgan fingerprint density at radius 2 is 1.93 bits per heavy atom. The first kappa shape index (κ1) is 12.8. The van der Waals surface area contributed by atoms with Gasteiger partial charge in [0.25, 0.3) is 0 Å². The van der Waals surface area contributed by atoms with Crippen LogP contribution in [0.25, 0.3) is 0 Å². The van der Waals surface area contributed by atoms with Crippen molar-refractivity contribution in [3.8, 4) is 0 Å². The van der Waals surface area contributed by atoms with Crippen molar-refractivity contribution in [2.45, 2.75) is 20.0 Å². The van der Waals surface area contributed by atoms with E-state index < -0.39 is 6.10 Å². The van der Waals surface area contributed by atoms with Crippen LogP contribution in [0, 0.1) is 13.8 Å². The van der Waals surface area contributed by atoms with Crippen LogP contribution in [0.4, 0.5) is 5.69 Å². The highest BCUT2D eigenvalue weighted by Gasteiger charge is 2.06. The van der Waals surface area contributed by atoms with E-state index in [1.54, 1.807) is 0 Å². The van der Waals surface area contributed by atoms with E-state index in [1.807, 2.05) is 26.0 Å². The summed E-state index contributed by atoms with van der Waals surface area (Å²) >= 11 is 8.97. The van der Waals surface area contributed by atoms with Gasteiger partial charge in [0.15, 0.2) is 0 Å². The molecule has 0 aliphatic heterocycles. The minimum atomic E-state index is -0.505. The average molecular weight is 293 g/mol. The van der Waals surface area contributed by atoms with Gasteiger partial charge in [-0.25, -0.2) is 0 Å². The zero-order valence-corrected chi connectivity index (χ0v) is 11.2. The SMILES string of the molecule is Cc1cc(Br)cc(C)c1NCC(O)CCl. The fourth-order valence-corrected chi connectivity index (χ4v) is 2.26. The smallest absolute Gasteiger partial charge is 0.0847 e. The number of nitrogens with one attached hydrogen (secondary N) is 1. The predicted molar refractivity (Wildman–Crippen MR) is 68.8 cm³/mol. The van der Waals surface area contributed by atoms with Crippen LogP contribution >= 0.6 is 27.5 Å². The van der Waals surface area contributed by atoms with Gasteiger partial charge in [-0.2, -0.15) is 0 Å². The van der Waals surface area contributed by atoms with E-state index in [2.05, 4.69) is 21.2 Å². The van der Waals surface area contributed by atoms with Crippen LogP contribution < -0.4 is 5.32 Å². The molecule has 0 aromatic heterocycles. The molecule has 0 bridgehead atoms. The van der Waals surface area contributed by atoms with Gasteiger partial charge in [0, 0.05) is 16.7 Å². The van der Waals surface area contributed by atoms with Crippen LogP contribution in [0.5, 0.6) is 0 Å². The van der Waals surface area contributed by atoms with Crippen molar-refractivity contribution in [2.75, 3.05) is 17.7 Å². The summed E-state index contributed by atoms with van der Waals surface area (Å²) in [5.74, 6) is 0.252. The number of benzene rings is 1. The topological polar surface area (TPSA) is 32.3 Å². The summed E-state index contributed by atoms with van der Waals surface area (Å²) in [6.45, 7) is 4.55. The summed E-state index contributed by atoms with van der Waals surface area (Å²) in [5.41, 5.74) is 3.38. The normalized spacial score (nSPS) is 12.6. The molecule has 2 nitrogen and oxygen atoms in total. The largest absolute Gasteiger partial charge is 0.390 e. The molecule has 1 unspecified atom stereocenters. The van der Waals surface area contributed by atoms with E-state index in [-0.39, 0.29) is 5.88 Å². The molecule has 0 saturated carbocycles. The zero-order valence-electron chi connectivity index (χ0n) is 8.85. The molecule has 0 heterocycles. The zero-order chi connectivity index (χ0) is 11.4. The fourth-order valence-electron chi connectivity index (χ4n) is 1.46. The lowest BCUT2D eigenvalue weighted by Crippen LogP contribution is -2.21. The van der Waals surface area contributed by atoms with Crippen LogP contribution in [0.1, 0.15) is 11.1 Å². The molecule has 1 atom stereocenters. The monoisotopic (exact) mass is 291 g/mol.